The van der Waals surface area contributed by atoms with Crippen LogP contribution >= 0.6 is 0 Å². The maximum absolute atomic E-state index is 12.6. The first-order chi connectivity index (χ1) is 12.4. The number of methoxy groups -OCH3 is 1. The first kappa shape index (κ1) is 18.9. The molecule has 0 heterocycles. The number of carbonyl (C=O) groups excluding carboxylic acids is 2. The number of benzene rings is 2. The van der Waals surface area contributed by atoms with Crippen LogP contribution in [0.2, 0.25) is 0 Å². The van der Waals surface area contributed by atoms with E-state index in [-0.39, 0.29) is 17.7 Å². The third-order valence-corrected chi connectivity index (χ3v) is 3.77. The molecule has 2 aromatic carbocycles. The predicted octanol–water partition coefficient (Wildman–Crippen LogP) is 3.40. The van der Waals surface area contributed by atoms with Gasteiger partial charge in [0.1, 0.15) is 0 Å². The number of rotatable bonds is 7. The Morgan fingerprint density at radius 1 is 1.15 bits per heavy atom. The van der Waals surface area contributed by atoms with Crippen LogP contribution in [0.3, 0.4) is 0 Å². The van der Waals surface area contributed by atoms with Gasteiger partial charge >= 0.3 is 11.9 Å². The van der Waals surface area contributed by atoms with Crippen LogP contribution in [0.25, 0.3) is 0 Å². The first-order valence-corrected chi connectivity index (χ1v) is 7.67. The van der Waals surface area contributed by atoms with Crippen LogP contribution in [0.15, 0.2) is 67.3 Å². The number of nitro groups is 1. The molecule has 0 aromatic heterocycles. The Hall–Kier alpha value is -3.48. The third-order valence-electron chi connectivity index (χ3n) is 3.77. The molecule has 0 saturated heterocycles. The zero-order valence-corrected chi connectivity index (χ0v) is 14.1. The van der Waals surface area contributed by atoms with Crippen molar-refractivity contribution in [3.63, 3.8) is 0 Å². The highest BCUT2D eigenvalue weighted by atomic mass is 16.6. The van der Waals surface area contributed by atoms with E-state index >= 15 is 0 Å². The molecule has 7 nitrogen and oxygen atoms in total. The number of nitrogens with zero attached hydrogens (tertiary/aromatic N) is 1. The van der Waals surface area contributed by atoms with Crippen LogP contribution < -0.4 is 0 Å². The summed E-state index contributed by atoms with van der Waals surface area (Å²) in [5, 5.41) is 10.7. The van der Waals surface area contributed by atoms with E-state index in [0.29, 0.717) is 5.56 Å². The summed E-state index contributed by atoms with van der Waals surface area (Å²) in [4.78, 5) is 35.2. The van der Waals surface area contributed by atoms with Gasteiger partial charge in [-0.1, -0.05) is 36.4 Å². The molecule has 0 saturated carbocycles. The average Bonchev–Trinajstić information content (AvgIpc) is 2.67. The summed E-state index contributed by atoms with van der Waals surface area (Å²) in [5.41, 5.74) is -1.35. The Balaban J connectivity index is 2.42. The van der Waals surface area contributed by atoms with E-state index < -0.39 is 22.5 Å². The monoisotopic (exact) mass is 355 g/mol. The highest BCUT2D eigenvalue weighted by Gasteiger charge is 2.44. The molecule has 1 atom stereocenters. The van der Waals surface area contributed by atoms with Gasteiger partial charge in [-0.2, -0.15) is 0 Å². The Labute approximate surface area is 150 Å². The second-order valence-corrected chi connectivity index (χ2v) is 5.37. The molecule has 0 bridgehead atoms. The Morgan fingerprint density at radius 2 is 1.77 bits per heavy atom. The number of non-ortho nitro benzene ring substituents is 1. The molecule has 0 amide bonds. The lowest BCUT2D eigenvalue weighted by Crippen LogP contribution is -2.41. The number of carbonyl (C=O) groups is 2. The summed E-state index contributed by atoms with van der Waals surface area (Å²) in [5.74, 6) is -1.56. The van der Waals surface area contributed by atoms with Crippen molar-refractivity contribution in [2.75, 3.05) is 7.11 Å². The van der Waals surface area contributed by atoms with Gasteiger partial charge in [0.15, 0.2) is 0 Å². The fourth-order valence-corrected chi connectivity index (χ4v) is 2.47. The van der Waals surface area contributed by atoms with Crippen LogP contribution in [0.5, 0.6) is 0 Å². The minimum atomic E-state index is -1.70. The summed E-state index contributed by atoms with van der Waals surface area (Å²) >= 11 is 0. The van der Waals surface area contributed by atoms with Crippen LogP contribution in [0.1, 0.15) is 22.3 Å². The van der Waals surface area contributed by atoms with Crippen molar-refractivity contribution in [3.8, 4) is 0 Å². The third kappa shape index (κ3) is 3.77. The second kappa shape index (κ2) is 8.06. The number of ether oxygens (including phenoxy) is 2. The van der Waals surface area contributed by atoms with Gasteiger partial charge in [0.2, 0.25) is 5.60 Å². The molecular weight excluding hydrogens is 338 g/mol. The largest absolute Gasteiger partial charge is 0.466 e. The number of esters is 2. The van der Waals surface area contributed by atoms with Gasteiger partial charge in [0.25, 0.3) is 5.69 Å². The second-order valence-electron chi connectivity index (χ2n) is 5.37. The van der Waals surface area contributed by atoms with E-state index in [9.17, 15) is 19.7 Å². The van der Waals surface area contributed by atoms with Crippen molar-refractivity contribution >= 4 is 17.6 Å². The van der Waals surface area contributed by atoms with Gasteiger partial charge in [-0.25, -0.2) is 9.59 Å². The molecule has 0 radical (unpaired) electrons. The molecule has 0 aliphatic heterocycles. The molecule has 1 unspecified atom stereocenters. The van der Waals surface area contributed by atoms with E-state index in [2.05, 4.69) is 6.58 Å². The molecule has 7 heteroatoms. The summed E-state index contributed by atoms with van der Waals surface area (Å²) in [6.07, 6.45) is 1.45. The average molecular weight is 355 g/mol. The summed E-state index contributed by atoms with van der Waals surface area (Å²) in [7, 11) is 1.20. The molecule has 2 rings (SSSR count). The Kier molecular flexibility index (Phi) is 5.85. The fraction of sp³-hybridized carbons (Fsp3) is 0.158. The lowest BCUT2D eigenvalue weighted by Gasteiger charge is -2.30. The van der Waals surface area contributed by atoms with E-state index in [4.69, 9.17) is 9.47 Å². The van der Waals surface area contributed by atoms with Crippen LogP contribution in [0, 0.1) is 10.1 Å². The van der Waals surface area contributed by atoms with Gasteiger partial charge < -0.3 is 9.47 Å². The van der Waals surface area contributed by atoms with E-state index in [1.807, 2.05) is 0 Å². The van der Waals surface area contributed by atoms with Crippen LogP contribution in [0.4, 0.5) is 5.69 Å². The van der Waals surface area contributed by atoms with Crippen molar-refractivity contribution in [1.29, 1.82) is 0 Å². The molecule has 2 aromatic rings. The van der Waals surface area contributed by atoms with Gasteiger partial charge in [-0.05, 0) is 12.1 Å². The SMILES string of the molecule is C=CCC(OC(=O)c1ccc([N+](=O)[O-])cc1)(C(=O)OC)c1ccccc1. The van der Waals surface area contributed by atoms with Crippen molar-refractivity contribution in [2.24, 2.45) is 0 Å². The summed E-state index contributed by atoms with van der Waals surface area (Å²) in [6.45, 7) is 3.62. The van der Waals surface area contributed by atoms with Gasteiger partial charge in [0.05, 0.1) is 17.6 Å². The molecular formula is C19H17NO6. The predicted molar refractivity (Wildman–Crippen MR) is 93.5 cm³/mol. The van der Waals surface area contributed by atoms with Crippen molar-refractivity contribution in [2.45, 2.75) is 12.0 Å². The van der Waals surface area contributed by atoms with Crippen LogP contribution in [-0.4, -0.2) is 24.0 Å². The zero-order chi connectivity index (χ0) is 19.2. The zero-order valence-electron chi connectivity index (χ0n) is 14.1. The first-order valence-electron chi connectivity index (χ1n) is 7.67. The summed E-state index contributed by atoms with van der Waals surface area (Å²) in [6, 6.07) is 13.4. The quantitative estimate of drug-likeness (QED) is 0.327. The molecule has 0 fully saturated rings. The molecule has 134 valence electrons. The lowest BCUT2D eigenvalue weighted by atomic mass is 9.90. The highest BCUT2D eigenvalue weighted by molar-refractivity contribution is 5.93. The Morgan fingerprint density at radius 3 is 2.27 bits per heavy atom. The maximum Gasteiger partial charge on any atom is 0.355 e. The number of hydrogen-bond acceptors (Lipinski definition) is 6. The van der Waals surface area contributed by atoms with Gasteiger partial charge in [-0.15, -0.1) is 6.58 Å². The fourth-order valence-electron chi connectivity index (χ4n) is 2.47. The number of hydrogen-bond donors (Lipinski definition) is 0. The Bertz CT molecular complexity index is 816. The maximum atomic E-state index is 12.6. The topological polar surface area (TPSA) is 95.7 Å². The molecule has 26 heavy (non-hydrogen) atoms. The minimum Gasteiger partial charge on any atom is -0.466 e. The van der Waals surface area contributed by atoms with E-state index in [1.54, 1.807) is 30.3 Å². The number of nitro benzene ring substituents is 1. The van der Waals surface area contributed by atoms with E-state index in [1.165, 1.54) is 37.5 Å². The standard InChI is InChI=1S/C19H17NO6/c1-3-13-19(18(22)25-2,15-7-5-4-6-8-15)26-17(21)14-9-11-16(12-10-14)20(23)24/h3-12H,1,13H2,2H3. The van der Waals surface area contributed by atoms with E-state index in [0.717, 1.165) is 0 Å². The molecule has 0 spiro atoms. The van der Waals surface area contributed by atoms with Gasteiger partial charge in [0, 0.05) is 24.1 Å². The molecule has 0 N–H and O–H groups in total. The lowest BCUT2D eigenvalue weighted by molar-refractivity contribution is -0.384. The van der Waals surface area contributed by atoms with Crippen molar-refractivity contribution in [1.82, 2.24) is 0 Å². The highest BCUT2D eigenvalue weighted by Crippen LogP contribution is 2.33. The van der Waals surface area contributed by atoms with Gasteiger partial charge in [-0.3, -0.25) is 10.1 Å². The van der Waals surface area contributed by atoms with Crippen molar-refractivity contribution in [3.05, 3.63) is 88.5 Å². The normalized spacial score (nSPS) is 12.5. The molecule has 0 aliphatic carbocycles. The smallest absolute Gasteiger partial charge is 0.355 e. The van der Waals surface area contributed by atoms with Crippen LogP contribution in [-0.2, 0) is 19.9 Å². The minimum absolute atomic E-state index is 0.00239. The van der Waals surface area contributed by atoms with Crippen molar-refractivity contribution < 1.29 is 24.0 Å². The molecule has 0 aliphatic rings. The summed E-state index contributed by atoms with van der Waals surface area (Å²) < 4.78 is 10.4.